The standard InChI is InChI=1S/C15H13N3O3S/c1-2-12-11(7-16)13(19)18-15(17-12)22-8-9-4-3-5-10(6-9)14(20)21/h3-6H,2,8H2,1H3,(H,20,21)(H,17,18,19). The van der Waals surface area contributed by atoms with Gasteiger partial charge in [0.05, 0.1) is 11.3 Å². The number of carbonyl (C=O) groups is 1. The molecule has 1 heterocycles. The number of H-pyrrole nitrogens is 1. The molecule has 22 heavy (non-hydrogen) atoms. The van der Waals surface area contributed by atoms with Crippen LogP contribution in [0.3, 0.4) is 0 Å². The Morgan fingerprint density at radius 1 is 1.50 bits per heavy atom. The molecule has 0 saturated carbocycles. The fourth-order valence-electron chi connectivity index (χ4n) is 1.88. The Bertz CT molecular complexity index is 808. The predicted octanol–water partition coefficient (Wildman–Crippen LogP) is 2.19. The maximum absolute atomic E-state index is 11.8. The zero-order chi connectivity index (χ0) is 16.1. The quantitative estimate of drug-likeness (QED) is 0.647. The van der Waals surface area contributed by atoms with Crippen molar-refractivity contribution in [1.29, 1.82) is 5.26 Å². The molecule has 1 aromatic heterocycles. The molecule has 0 bridgehead atoms. The number of rotatable bonds is 5. The van der Waals surface area contributed by atoms with Crippen LogP contribution in [-0.4, -0.2) is 21.0 Å². The number of carboxylic acids is 1. The van der Waals surface area contributed by atoms with Crippen LogP contribution in [0.1, 0.15) is 34.1 Å². The molecule has 0 fully saturated rings. The minimum absolute atomic E-state index is 0.0414. The van der Waals surface area contributed by atoms with Gasteiger partial charge in [0.25, 0.3) is 5.56 Å². The number of aromatic carboxylic acids is 1. The van der Waals surface area contributed by atoms with Gasteiger partial charge in [0, 0.05) is 5.75 Å². The van der Waals surface area contributed by atoms with Crippen LogP contribution in [0.4, 0.5) is 0 Å². The highest BCUT2D eigenvalue weighted by molar-refractivity contribution is 7.98. The van der Waals surface area contributed by atoms with Gasteiger partial charge in [0.15, 0.2) is 5.16 Å². The molecule has 0 aliphatic rings. The number of carboxylic acid groups (broad SMARTS) is 1. The SMILES string of the molecule is CCc1nc(SCc2cccc(C(=O)O)c2)[nH]c(=O)c1C#N. The average Bonchev–Trinajstić information content (AvgIpc) is 2.52. The molecular formula is C15H13N3O3S. The lowest BCUT2D eigenvalue weighted by atomic mass is 10.1. The maximum atomic E-state index is 11.8. The highest BCUT2D eigenvalue weighted by Crippen LogP contribution is 2.20. The normalized spacial score (nSPS) is 10.2. The van der Waals surface area contributed by atoms with E-state index >= 15 is 0 Å². The third kappa shape index (κ3) is 3.54. The lowest BCUT2D eigenvalue weighted by Gasteiger charge is -2.05. The zero-order valence-electron chi connectivity index (χ0n) is 11.8. The molecule has 2 aromatic rings. The fourth-order valence-corrected chi connectivity index (χ4v) is 2.70. The van der Waals surface area contributed by atoms with Crippen molar-refractivity contribution in [1.82, 2.24) is 9.97 Å². The van der Waals surface area contributed by atoms with Gasteiger partial charge in [-0.25, -0.2) is 9.78 Å². The molecule has 0 atom stereocenters. The Balaban J connectivity index is 2.20. The van der Waals surface area contributed by atoms with E-state index < -0.39 is 11.5 Å². The molecule has 2 rings (SSSR count). The Morgan fingerprint density at radius 2 is 2.27 bits per heavy atom. The lowest BCUT2D eigenvalue weighted by Crippen LogP contribution is -2.16. The van der Waals surface area contributed by atoms with E-state index in [4.69, 9.17) is 10.4 Å². The highest BCUT2D eigenvalue weighted by Gasteiger charge is 2.10. The topological polar surface area (TPSA) is 107 Å². The summed E-state index contributed by atoms with van der Waals surface area (Å²) in [7, 11) is 0. The summed E-state index contributed by atoms with van der Waals surface area (Å²) in [6, 6.07) is 8.44. The number of thioether (sulfide) groups is 1. The number of nitrogens with zero attached hydrogens (tertiary/aromatic N) is 2. The molecule has 7 heteroatoms. The van der Waals surface area contributed by atoms with Gasteiger partial charge >= 0.3 is 5.97 Å². The van der Waals surface area contributed by atoms with Crippen molar-refractivity contribution in [2.24, 2.45) is 0 Å². The van der Waals surface area contributed by atoms with E-state index in [0.717, 1.165) is 5.56 Å². The van der Waals surface area contributed by atoms with Gasteiger partial charge in [-0.05, 0) is 24.1 Å². The highest BCUT2D eigenvalue weighted by atomic mass is 32.2. The molecule has 112 valence electrons. The second-order valence-electron chi connectivity index (χ2n) is 4.45. The van der Waals surface area contributed by atoms with Crippen molar-refractivity contribution in [3.63, 3.8) is 0 Å². The van der Waals surface area contributed by atoms with E-state index in [-0.39, 0.29) is 11.1 Å². The number of aromatic nitrogens is 2. The summed E-state index contributed by atoms with van der Waals surface area (Å²) >= 11 is 1.29. The van der Waals surface area contributed by atoms with Gasteiger partial charge in [-0.15, -0.1) is 0 Å². The first kappa shape index (κ1) is 15.8. The van der Waals surface area contributed by atoms with Crippen LogP contribution in [0.25, 0.3) is 0 Å². The van der Waals surface area contributed by atoms with Crippen molar-refractivity contribution in [3.05, 3.63) is 57.0 Å². The number of benzene rings is 1. The summed E-state index contributed by atoms with van der Waals surface area (Å²) in [5, 5.41) is 18.3. The third-order valence-corrected chi connectivity index (χ3v) is 3.91. The molecule has 6 nitrogen and oxygen atoms in total. The van der Waals surface area contributed by atoms with Crippen LogP contribution >= 0.6 is 11.8 Å². The van der Waals surface area contributed by atoms with Crippen molar-refractivity contribution >= 4 is 17.7 Å². The van der Waals surface area contributed by atoms with Crippen LogP contribution in [0, 0.1) is 11.3 Å². The van der Waals surface area contributed by atoms with Crippen LogP contribution in [0.5, 0.6) is 0 Å². The number of nitrogens with one attached hydrogen (secondary N) is 1. The zero-order valence-corrected chi connectivity index (χ0v) is 12.6. The molecule has 0 spiro atoms. The van der Waals surface area contributed by atoms with Crippen molar-refractivity contribution in [2.45, 2.75) is 24.3 Å². The van der Waals surface area contributed by atoms with Crippen molar-refractivity contribution in [2.75, 3.05) is 0 Å². The number of nitriles is 1. The van der Waals surface area contributed by atoms with Crippen molar-refractivity contribution in [3.8, 4) is 6.07 Å². The average molecular weight is 315 g/mol. The van der Waals surface area contributed by atoms with E-state index in [1.54, 1.807) is 12.1 Å². The Morgan fingerprint density at radius 3 is 2.91 bits per heavy atom. The Labute approximate surface area is 130 Å². The van der Waals surface area contributed by atoms with E-state index in [1.807, 2.05) is 19.1 Å². The first-order valence-electron chi connectivity index (χ1n) is 6.53. The monoisotopic (exact) mass is 315 g/mol. The fraction of sp³-hybridized carbons (Fsp3) is 0.200. The van der Waals surface area contributed by atoms with Crippen molar-refractivity contribution < 1.29 is 9.90 Å². The van der Waals surface area contributed by atoms with Crippen LogP contribution in [0.15, 0.2) is 34.2 Å². The minimum atomic E-state index is -0.981. The lowest BCUT2D eigenvalue weighted by molar-refractivity contribution is 0.0697. The Kier molecular flexibility index (Phi) is 4.96. The van der Waals surface area contributed by atoms with Gasteiger partial charge in [0.2, 0.25) is 0 Å². The molecule has 0 amide bonds. The molecule has 2 N–H and O–H groups in total. The maximum Gasteiger partial charge on any atom is 0.335 e. The summed E-state index contributed by atoms with van der Waals surface area (Å²) in [6.07, 6.45) is 0.495. The molecule has 0 radical (unpaired) electrons. The molecule has 0 aliphatic heterocycles. The summed E-state index contributed by atoms with van der Waals surface area (Å²) in [5.41, 5.74) is 1.09. The van der Waals surface area contributed by atoms with Crippen LogP contribution in [-0.2, 0) is 12.2 Å². The Hall–Kier alpha value is -2.59. The van der Waals surface area contributed by atoms with Gasteiger partial charge in [0.1, 0.15) is 11.6 Å². The second kappa shape index (κ2) is 6.91. The summed E-state index contributed by atoms with van der Waals surface area (Å²) in [6.45, 7) is 1.83. The van der Waals surface area contributed by atoms with Crippen LogP contribution < -0.4 is 5.56 Å². The second-order valence-corrected chi connectivity index (χ2v) is 5.42. The molecule has 1 aromatic carbocycles. The summed E-state index contributed by atoms with van der Waals surface area (Å²) in [5.74, 6) is -0.510. The molecule has 0 unspecified atom stereocenters. The third-order valence-electron chi connectivity index (χ3n) is 2.97. The van der Waals surface area contributed by atoms with E-state index in [2.05, 4.69) is 9.97 Å². The number of hydrogen-bond donors (Lipinski definition) is 2. The van der Waals surface area contributed by atoms with E-state index in [1.165, 1.54) is 17.8 Å². The largest absolute Gasteiger partial charge is 0.478 e. The first-order valence-corrected chi connectivity index (χ1v) is 7.52. The van der Waals surface area contributed by atoms with E-state index in [0.29, 0.717) is 23.0 Å². The molecule has 0 aliphatic carbocycles. The first-order chi connectivity index (χ1) is 10.5. The van der Waals surface area contributed by atoms with Gasteiger partial charge in [-0.2, -0.15) is 5.26 Å². The minimum Gasteiger partial charge on any atom is -0.478 e. The molecular weight excluding hydrogens is 302 g/mol. The summed E-state index contributed by atoms with van der Waals surface area (Å²) in [4.78, 5) is 29.6. The van der Waals surface area contributed by atoms with Gasteiger partial charge in [-0.3, -0.25) is 4.79 Å². The summed E-state index contributed by atoms with van der Waals surface area (Å²) < 4.78 is 0. The number of aryl methyl sites for hydroxylation is 1. The van der Waals surface area contributed by atoms with Crippen LogP contribution in [0.2, 0.25) is 0 Å². The van der Waals surface area contributed by atoms with Gasteiger partial charge < -0.3 is 10.1 Å². The predicted molar refractivity (Wildman–Crippen MR) is 81.9 cm³/mol. The van der Waals surface area contributed by atoms with E-state index in [9.17, 15) is 9.59 Å². The van der Waals surface area contributed by atoms with Gasteiger partial charge in [-0.1, -0.05) is 30.8 Å². The number of hydrogen-bond acceptors (Lipinski definition) is 5. The molecule has 0 saturated heterocycles. The smallest absolute Gasteiger partial charge is 0.335 e. The number of aromatic amines is 1.